The number of methoxy groups -OCH3 is 1. The smallest absolute Gasteiger partial charge is 0.231 e. The molecule has 0 N–H and O–H groups in total. The molecule has 0 bridgehead atoms. The van der Waals surface area contributed by atoms with Gasteiger partial charge in [0, 0.05) is 24.3 Å². The number of ether oxygens (including phenoxy) is 3. The van der Waals surface area contributed by atoms with Crippen LogP contribution in [0.2, 0.25) is 0 Å². The zero-order valence-electron chi connectivity index (χ0n) is 23.6. The Hall–Kier alpha value is -2.06. The highest BCUT2D eigenvalue weighted by Crippen LogP contribution is 2.40. The molecule has 0 saturated carbocycles. The summed E-state index contributed by atoms with van der Waals surface area (Å²) >= 11 is 0. The second kappa shape index (κ2) is 15.4. The maximum atomic E-state index is 13.3. The molecule has 0 radical (unpaired) electrons. The van der Waals surface area contributed by atoms with E-state index in [0.717, 1.165) is 55.7 Å². The summed E-state index contributed by atoms with van der Waals surface area (Å²) in [5.74, 6) is 4.09. The van der Waals surface area contributed by atoms with Crippen LogP contribution in [0.25, 0.3) is 0 Å². The molecular formula is C32H47O4P. The first-order valence-corrected chi connectivity index (χ1v) is 15.5. The third-order valence-electron chi connectivity index (χ3n) is 7.42. The van der Waals surface area contributed by atoms with Gasteiger partial charge in [0.05, 0.1) is 7.11 Å². The maximum Gasteiger partial charge on any atom is 0.231 e. The fourth-order valence-electron chi connectivity index (χ4n) is 5.10. The highest BCUT2D eigenvalue weighted by atomic mass is 31.1. The largest absolute Gasteiger partial charge is 0.496 e. The van der Waals surface area contributed by atoms with Gasteiger partial charge in [-0.25, -0.2) is 0 Å². The van der Waals surface area contributed by atoms with Gasteiger partial charge in [-0.1, -0.05) is 93.0 Å². The number of carbonyl (C=O) groups is 1. The molecule has 204 valence electrons. The predicted molar refractivity (Wildman–Crippen MR) is 156 cm³/mol. The zero-order valence-corrected chi connectivity index (χ0v) is 24.6. The van der Waals surface area contributed by atoms with E-state index < -0.39 is 0 Å². The van der Waals surface area contributed by atoms with Crippen LogP contribution in [0, 0.1) is 11.8 Å². The minimum atomic E-state index is -0.0765. The van der Waals surface area contributed by atoms with Crippen LogP contribution in [-0.2, 0) is 4.79 Å². The van der Waals surface area contributed by atoms with E-state index in [4.69, 9.17) is 14.2 Å². The normalized spacial score (nSPS) is 14.4. The quantitative estimate of drug-likeness (QED) is 0.154. The molecule has 0 spiro atoms. The Morgan fingerprint density at radius 1 is 1.00 bits per heavy atom. The lowest BCUT2D eigenvalue weighted by atomic mass is 9.85. The van der Waals surface area contributed by atoms with Crippen molar-refractivity contribution in [2.45, 2.75) is 91.4 Å². The minimum Gasteiger partial charge on any atom is -0.496 e. The molecule has 37 heavy (non-hydrogen) atoms. The summed E-state index contributed by atoms with van der Waals surface area (Å²) in [6.07, 6.45) is 10.8. The second-order valence-corrected chi connectivity index (χ2v) is 12.1. The van der Waals surface area contributed by atoms with E-state index in [9.17, 15) is 4.79 Å². The highest BCUT2D eigenvalue weighted by molar-refractivity contribution is 7.47. The van der Waals surface area contributed by atoms with Crippen LogP contribution in [-0.4, -0.2) is 25.8 Å². The summed E-state index contributed by atoms with van der Waals surface area (Å²) in [4.78, 5) is 13.3. The van der Waals surface area contributed by atoms with Crippen molar-refractivity contribution >= 4 is 19.7 Å². The molecule has 2 aromatic rings. The Morgan fingerprint density at radius 2 is 1.78 bits per heavy atom. The van der Waals surface area contributed by atoms with Gasteiger partial charge in [0.25, 0.3) is 0 Å². The van der Waals surface area contributed by atoms with Gasteiger partial charge in [0.1, 0.15) is 11.5 Å². The molecular weight excluding hydrogens is 479 g/mol. The van der Waals surface area contributed by atoms with Gasteiger partial charge >= 0.3 is 0 Å². The van der Waals surface area contributed by atoms with Crippen molar-refractivity contribution in [2.24, 2.45) is 11.8 Å². The van der Waals surface area contributed by atoms with Crippen molar-refractivity contribution in [1.82, 2.24) is 0 Å². The average Bonchev–Trinajstić information content (AvgIpc) is 3.38. The average molecular weight is 527 g/mol. The monoisotopic (exact) mass is 526 g/mol. The number of hydrogen-bond donors (Lipinski definition) is 0. The van der Waals surface area contributed by atoms with E-state index >= 15 is 0 Å². The molecule has 1 heterocycles. The van der Waals surface area contributed by atoms with E-state index in [1.807, 2.05) is 12.1 Å². The van der Waals surface area contributed by atoms with Gasteiger partial charge in [-0.05, 0) is 53.5 Å². The highest BCUT2D eigenvalue weighted by Gasteiger charge is 2.24. The van der Waals surface area contributed by atoms with E-state index in [1.165, 1.54) is 43.6 Å². The topological polar surface area (TPSA) is 44.8 Å². The van der Waals surface area contributed by atoms with E-state index in [2.05, 4.69) is 52.0 Å². The van der Waals surface area contributed by atoms with Gasteiger partial charge < -0.3 is 14.2 Å². The number of unbranched alkanes of at least 4 members (excludes halogenated alkanes) is 2. The van der Waals surface area contributed by atoms with Gasteiger partial charge in [0.2, 0.25) is 6.79 Å². The summed E-state index contributed by atoms with van der Waals surface area (Å²) < 4.78 is 17.1. The van der Waals surface area contributed by atoms with Crippen molar-refractivity contribution in [3.05, 3.63) is 47.5 Å². The number of carbonyl (C=O) groups excluding carboxylic acids is 1. The van der Waals surface area contributed by atoms with Crippen LogP contribution in [0.1, 0.15) is 103 Å². The van der Waals surface area contributed by atoms with Gasteiger partial charge in [-0.3, -0.25) is 4.79 Å². The number of rotatable bonds is 17. The first-order chi connectivity index (χ1) is 17.9. The molecule has 3 rings (SSSR count). The molecule has 3 atom stereocenters. The predicted octanol–water partition coefficient (Wildman–Crippen LogP) is 8.25. The molecule has 0 aromatic heterocycles. The Kier molecular flexibility index (Phi) is 12.3. The Balaban J connectivity index is 1.74. The van der Waals surface area contributed by atoms with Crippen LogP contribution >= 0.6 is 8.58 Å². The van der Waals surface area contributed by atoms with Crippen molar-refractivity contribution in [3.63, 3.8) is 0 Å². The molecule has 1 aliphatic rings. The number of ketones is 1. The summed E-state index contributed by atoms with van der Waals surface area (Å²) in [5, 5.41) is 1.30. The van der Waals surface area contributed by atoms with Crippen molar-refractivity contribution in [2.75, 3.05) is 20.1 Å². The molecule has 0 amide bonds. The summed E-state index contributed by atoms with van der Waals surface area (Å²) in [6, 6.07) is 12.6. The van der Waals surface area contributed by atoms with Crippen LogP contribution in [0.3, 0.4) is 0 Å². The fraction of sp³-hybridized carbons (Fsp3) is 0.594. The molecule has 1 aliphatic heterocycles. The van der Waals surface area contributed by atoms with Crippen molar-refractivity contribution < 1.29 is 19.0 Å². The van der Waals surface area contributed by atoms with Crippen molar-refractivity contribution in [3.8, 4) is 17.2 Å². The molecule has 0 aliphatic carbocycles. The zero-order chi connectivity index (χ0) is 26.6. The lowest BCUT2D eigenvalue weighted by molar-refractivity contribution is -0.119. The lowest BCUT2D eigenvalue weighted by Crippen LogP contribution is -2.12. The van der Waals surface area contributed by atoms with Crippen molar-refractivity contribution in [1.29, 1.82) is 0 Å². The Bertz CT molecular complexity index is 987. The van der Waals surface area contributed by atoms with Crippen LogP contribution in [0.4, 0.5) is 0 Å². The van der Waals surface area contributed by atoms with Crippen LogP contribution < -0.4 is 19.5 Å². The number of fused-ring (bicyclic) bond motifs is 1. The van der Waals surface area contributed by atoms with Gasteiger partial charge in [-0.15, -0.1) is 0 Å². The number of Topliss-reactive ketones (excluding diaryl/α,β-unsaturated/α-hetero) is 1. The number of benzene rings is 2. The fourth-order valence-corrected chi connectivity index (χ4v) is 6.18. The molecule has 0 saturated heterocycles. The summed E-state index contributed by atoms with van der Waals surface area (Å²) in [5.41, 5.74) is 2.14. The molecule has 5 heteroatoms. The summed E-state index contributed by atoms with van der Waals surface area (Å²) in [7, 11) is 2.49. The Morgan fingerprint density at radius 3 is 2.51 bits per heavy atom. The molecule has 0 fully saturated rings. The van der Waals surface area contributed by atoms with E-state index in [0.29, 0.717) is 24.5 Å². The van der Waals surface area contributed by atoms with Crippen LogP contribution in [0.5, 0.6) is 17.2 Å². The first kappa shape index (κ1) is 29.5. The van der Waals surface area contributed by atoms with E-state index in [1.54, 1.807) is 7.11 Å². The van der Waals surface area contributed by atoms with Crippen LogP contribution in [0.15, 0.2) is 36.4 Å². The van der Waals surface area contributed by atoms with Gasteiger partial charge in [0.15, 0.2) is 11.5 Å². The SMILES string of the molecule is CCCCC(CC)CCCCC(=O)CC(c1ccc2c(c1)OCO2)c1ccc(PCC(C)C)cc1OC. The Labute approximate surface area is 226 Å². The standard InChI is InChI=1S/C32H47O4P/c1-6-8-11-24(7-2)12-9-10-13-26(33)19-29(25-14-17-30-32(18-25)36-22-35-30)28-16-15-27(20-31(28)34-5)37-21-23(3)4/h14-18,20,23-24,29,37H,6-13,19,21-22H2,1-5H3. The minimum absolute atomic E-state index is 0.0765. The molecule has 2 aromatic carbocycles. The maximum absolute atomic E-state index is 13.3. The molecule has 3 unspecified atom stereocenters. The third kappa shape index (κ3) is 9.02. The number of hydrogen-bond acceptors (Lipinski definition) is 4. The van der Waals surface area contributed by atoms with E-state index in [-0.39, 0.29) is 12.7 Å². The first-order valence-electron chi connectivity index (χ1n) is 14.3. The lowest BCUT2D eigenvalue weighted by Gasteiger charge is -2.21. The third-order valence-corrected chi connectivity index (χ3v) is 9.16. The molecule has 4 nitrogen and oxygen atoms in total. The van der Waals surface area contributed by atoms with Gasteiger partial charge in [-0.2, -0.15) is 0 Å². The second-order valence-electron chi connectivity index (χ2n) is 10.8. The summed E-state index contributed by atoms with van der Waals surface area (Å²) in [6.45, 7) is 9.31.